The second-order valence-electron chi connectivity index (χ2n) is 5.13. The quantitative estimate of drug-likeness (QED) is 0.723. The summed E-state index contributed by atoms with van der Waals surface area (Å²) in [5, 5.41) is 12.4. The molecule has 0 aromatic heterocycles. The zero-order chi connectivity index (χ0) is 12.0. The van der Waals surface area contributed by atoms with Gasteiger partial charge in [-0.05, 0) is 26.7 Å². The van der Waals surface area contributed by atoms with Crippen molar-refractivity contribution in [1.29, 1.82) is 5.26 Å². The number of nitriles is 1. The van der Waals surface area contributed by atoms with Gasteiger partial charge in [-0.3, -0.25) is 4.90 Å². The van der Waals surface area contributed by atoms with E-state index in [1.54, 1.807) is 0 Å². The molecule has 0 atom stereocenters. The normalized spacial score (nSPS) is 19.0. The van der Waals surface area contributed by atoms with Crippen LogP contribution in [0.4, 0.5) is 0 Å². The van der Waals surface area contributed by atoms with Crippen molar-refractivity contribution in [2.75, 3.05) is 26.2 Å². The van der Waals surface area contributed by atoms with E-state index >= 15 is 0 Å². The lowest BCUT2D eigenvalue weighted by Crippen LogP contribution is -2.44. The smallest absolute Gasteiger partial charge is 0.0697 e. The molecule has 0 bridgehead atoms. The van der Waals surface area contributed by atoms with Crippen LogP contribution in [0.25, 0.3) is 0 Å². The summed E-state index contributed by atoms with van der Waals surface area (Å²) in [6.45, 7) is 7.59. The summed E-state index contributed by atoms with van der Waals surface area (Å²) in [7, 11) is 0. The van der Waals surface area contributed by atoms with E-state index in [2.05, 4.69) is 22.2 Å². The first-order valence-electron chi connectivity index (χ1n) is 5.88. The Labute approximate surface area is 98.8 Å². The third-order valence-electron chi connectivity index (χ3n) is 3.04. The molecule has 0 aliphatic carbocycles. The number of nitrogens with one attached hydrogen (secondary N) is 1. The van der Waals surface area contributed by atoms with E-state index < -0.39 is 0 Å². The zero-order valence-corrected chi connectivity index (χ0v) is 10.3. The summed E-state index contributed by atoms with van der Waals surface area (Å²) < 4.78 is 0. The minimum atomic E-state index is -0.268. The highest BCUT2D eigenvalue weighted by molar-refractivity contribution is 4.95. The van der Waals surface area contributed by atoms with E-state index in [0.717, 1.165) is 39.0 Å². The molecule has 0 aromatic rings. The lowest BCUT2D eigenvalue weighted by Gasteiger charge is -2.32. The highest BCUT2D eigenvalue weighted by atomic mass is 15.1. The summed E-state index contributed by atoms with van der Waals surface area (Å²) in [5.41, 5.74) is -0.268. The van der Waals surface area contributed by atoms with Crippen LogP contribution in [0.5, 0.6) is 0 Å². The molecule has 3 heteroatoms. The first-order valence-corrected chi connectivity index (χ1v) is 5.88. The molecule has 1 N–H and O–H groups in total. The van der Waals surface area contributed by atoms with Crippen molar-refractivity contribution in [1.82, 2.24) is 10.2 Å². The summed E-state index contributed by atoms with van der Waals surface area (Å²) in [6, 6.07) is 2.85. The van der Waals surface area contributed by atoms with E-state index in [4.69, 9.17) is 11.7 Å². The molecule has 0 radical (unpaired) electrons. The molecule has 1 rings (SSSR count). The highest BCUT2D eigenvalue weighted by Gasteiger charge is 2.22. The molecule has 16 heavy (non-hydrogen) atoms. The molecule has 1 fully saturated rings. The van der Waals surface area contributed by atoms with Crippen LogP contribution in [-0.2, 0) is 0 Å². The number of nitrogens with zero attached hydrogens (tertiary/aromatic N) is 2. The van der Waals surface area contributed by atoms with E-state index in [1.807, 2.05) is 13.8 Å². The van der Waals surface area contributed by atoms with Gasteiger partial charge in [-0.2, -0.15) is 5.26 Å². The average Bonchev–Trinajstić information content (AvgIpc) is 2.29. The molecular formula is C13H21N3. The van der Waals surface area contributed by atoms with Gasteiger partial charge in [-0.25, -0.2) is 0 Å². The fourth-order valence-corrected chi connectivity index (χ4v) is 1.86. The Morgan fingerprint density at radius 1 is 1.44 bits per heavy atom. The Bertz CT molecular complexity index is 287. The van der Waals surface area contributed by atoms with E-state index in [-0.39, 0.29) is 5.41 Å². The maximum atomic E-state index is 8.92. The molecule has 0 amide bonds. The molecule has 0 spiro atoms. The van der Waals surface area contributed by atoms with Gasteiger partial charge in [0.05, 0.1) is 18.0 Å². The Balaban J connectivity index is 2.23. The number of likely N-dealkylation sites (tertiary alicyclic amines) is 1. The Hall–Kier alpha value is -1.03. The van der Waals surface area contributed by atoms with Crippen molar-refractivity contribution >= 4 is 0 Å². The molecule has 1 aliphatic heterocycles. The Morgan fingerprint density at radius 3 is 2.56 bits per heavy atom. The molecule has 1 aliphatic rings. The van der Waals surface area contributed by atoms with E-state index in [9.17, 15) is 0 Å². The van der Waals surface area contributed by atoms with Crippen molar-refractivity contribution < 1.29 is 0 Å². The van der Waals surface area contributed by atoms with Crippen LogP contribution in [-0.4, -0.2) is 37.1 Å². The van der Waals surface area contributed by atoms with Crippen LogP contribution in [0.3, 0.4) is 0 Å². The maximum absolute atomic E-state index is 8.92. The van der Waals surface area contributed by atoms with Crippen LogP contribution < -0.4 is 5.32 Å². The molecule has 88 valence electrons. The zero-order valence-electron chi connectivity index (χ0n) is 10.3. The second kappa shape index (κ2) is 5.89. The summed E-state index contributed by atoms with van der Waals surface area (Å²) in [6.07, 6.45) is 7.54. The first-order chi connectivity index (χ1) is 7.57. The van der Waals surface area contributed by atoms with Gasteiger partial charge >= 0.3 is 0 Å². The molecule has 0 unspecified atom stereocenters. The van der Waals surface area contributed by atoms with Crippen molar-refractivity contribution in [2.45, 2.75) is 32.7 Å². The van der Waals surface area contributed by atoms with Crippen molar-refractivity contribution in [3.63, 3.8) is 0 Å². The molecular weight excluding hydrogens is 198 g/mol. The fourth-order valence-electron chi connectivity index (χ4n) is 1.86. The first kappa shape index (κ1) is 13.0. The molecule has 3 nitrogen and oxygen atoms in total. The van der Waals surface area contributed by atoms with Crippen LogP contribution in [0, 0.1) is 29.1 Å². The minimum Gasteiger partial charge on any atom is -0.312 e. The fraction of sp³-hybridized carbons (Fsp3) is 0.769. The van der Waals surface area contributed by atoms with Gasteiger partial charge in [0.1, 0.15) is 0 Å². The lowest BCUT2D eigenvalue weighted by molar-refractivity contribution is 0.211. The van der Waals surface area contributed by atoms with Crippen LogP contribution in [0.2, 0.25) is 0 Å². The third kappa shape index (κ3) is 4.23. The predicted molar refractivity (Wildman–Crippen MR) is 65.7 cm³/mol. The number of rotatable bonds is 4. The molecule has 1 heterocycles. The monoisotopic (exact) mass is 219 g/mol. The summed E-state index contributed by atoms with van der Waals surface area (Å²) in [4.78, 5) is 2.30. The minimum absolute atomic E-state index is 0.268. The second-order valence-corrected chi connectivity index (χ2v) is 5.13. The summed E-state index contributed by atoms with van der Waals surface area (Å²) >= 11 is 0. The number of hydrogen-bond acceptors (Lipinski definition) is 3. The molecule has 0 aromatic carbocycles. The lowest BCUT2D eigenvalue weighted by atomic mass is 9.94. The van der Waals surface area contributed by atoms with Crippen LogP contribution in [0.15, 0.2) is 0 Å². The van der Waals surface area contributed by atoms with Gasteiger partial charge in [-0.15, -0.1) is 6.42 Å². The number of terminal acetylenes is 1. The molecule has 1 saturated heterocycles. The van der Waals surface area contributed by atoms with Crippen molar-refractivity contribution in [3.05, 3.63) is 0 Å². The largest absolute Gasteiger partial charge is 0.312 e. The van der Waals surface area contributed by atoms with Crippen LogP contribution >= 0.6 is 0 Å². The van der Waals surface area contributed by atoms with Crippen molar-refractivity contribution in [3.8, 4) is 18.4 Å². The predicted octanol–water partition coefficient (Wildman–Crippen LogP) is 1.22. The summed E-state index contributed by atoms with van der Waals surface area (Å²) in [5.74, 6) is 2.68. The van der Waals surface area contributed by atoms with E-state index in [0.29, 0.717) is 6.04 Å². The Kier molecular flexibility index (Phi) is 4.80. The topological polar surface area (TPSA) is 39.1 Å². The number of piperidine rings is 1. The van der Waals surface area contributed by atoms with Gasteiger partial charge in [-0.1, -0.05) is 5.92 Å². The third-order valence-corrected chi connectivity index (χ3v) is 3.04. The molecule has 0 saturated carbocycles. The Morgan fingerprint density at radius 2 is 2.06 bits per heavy atom. The van der Waals surface area contributed by atoms with Gasteiger partial charge in [0.15, 0.2) is 0 Å². The highest BCUT2D eigenvalue weighted by Crippen LogP contribution is 2.14. The standard InChI is InChI=1S/C13H21N3/c1-4-7-16-8-5-12(6-9-16)15-11-13(2,3)10-14/h1,12,15H,5-9,11H2,2-3H3. The number of hydrogen-bond donors (Lipinski definition) is 1. The van der Waals surface area contributed by atoms with Gasteiger partial charge < -0.3 is 5.32 Å². The van der Waals surface area contributed by atoms with Crippen molar-refractivity contribution in [2.24, 2.45) is 5.41 Å². The van der Waals surface area contributed by atoms with Gasteiger partial charge in [0.25, 0.3) is 0 Å². The van der Waals surface area contributed by atoms with Gasteiger partial charge in [0.2, 0.25) is 0 Å². The van der Waals surface area contributed by atoms with Gasteiger partial charge in [0, 0.05) is 25.7 Å². The average molecular weight is 219 g/mol. The maximum Gasteiger partial charge on any atom is 0.0697 e. The van der Waals surface area contributed by atoms with Crippen LogP contribution in [0.1, 0.15) is 26.7 Å². The SMILES string of the molecule is C#CCN1CCC(NCC(C)(C)C#N)CC1. The van der Waals surface area contributed by atoms with E-state index in [1.165, 1.54) is 0 Å².